The number of amides is 2. The first-order valence-corrected chi connectivity index (χ1v) is 10.6. The van der Waals surface area contributed by atoms with E-state index >= 15 is 0 Å². The molecule has 0 unspecified atom stereocenters. The standard InChI is InChI=1S/C25H23ClN2O3/c1-17(18-5-3-2-4-6-18)28-16-19(15-24(28)29)25(30)27-21-9-13-23(14-10-21)31-22-11-7-20(26)8-12-22/h2-14,17,19H,15-16H2,1H3,(H,27,30)/t17-,19+/m1/s1. The number of hydrogen-bond donors (Lipinski definition) is 1. The van der Waals surface area contributed by atoms with Gasteiger partial charge in [-0.1, -0.05) is 41.9 Å². The number of hydrogen-bond acceptors (Lipinski definition) is 3. The number of benzene rings is 3. The van der Waals surface area contributed by atoms with Crippen molar-refractivity contribution in [2.75, 3.05) is 11.9 Å². The van der Waals surface area contributed by atoms with Crippen LogP contribution >= 0.6 is 11.6 Å². The van der Waals surface area contributed by atoms with Crippen LogP contribution in [0.15, 0.2) is 78.9 Å². The number of anilines is 1. The predicted octanol–water partition coefficient (Wildman–Crippen LogP) is 5.68. The van der Waals surface area contributed by atoms with Crippen LogP contribution in [0, 0.1) is 5.92 Å². The van der Waals surface area contributed by atoms with Gasteiger partial charge in [-0.2, -0.15) is 0 Å². The lowest BCUT2D eigenvalue weighted by Crippen LogP contribution is -2.30. The quantitative estimate of drug-likeness (QED) is 0.543. The van der Waals surface area contributed by atoms with E-state index in [0.717, 1.165) is 5.56 Å². The van der Waals surface area contributed by atoms with Crippen LogP contribution in [0.3, 0.4) is 0 Å². The van der Waals surface area contributed by atoms with Crippen molar-refractivity contribution in [1.82, 2.24) is 4.90 Å². The van der Waals surface area contributed by atoms with Gasteiger partial charge in [0.2, 0.25) is 11.8 Å². The zero-order valence-corrected chi connectivity index (χ0v) is 17.9. The number of carbonyl (C=O) groups excluding carboxylic acids is 2. The number of nitrogens with one attached hydrogen (secondary N) is 1. The van der Waals surface area contributed by atoms with Gasteiger partial charge < -0.3 is 15.0 Å². The SMILES string of the molecule is C[C@H](c1ccccc1)N1C[C@@H](C(=O)Nc2ccc(Oc3ccc(Cl)cc3)cc2)CC1=O. The zero-order valence-electron chi connectivity index (χ0n) is 17.1. The highest BCUT2D eigenvalue weighted by Gasteiger charge is 2.37. The summed E-state index contributed by atoms with van der Waals surface area (Å²) in [7, 11) is 0. The third-order valence-corrected chi connectivity index (χ3v) is 5.70. The minimum Gasteiger partial charge on any atom is -0.457 e. The first-order valence-electron chi connectivity index (χ1n) is 10.2. The van der Waals surface area contributed by atoms with Gasteiger partial charge in [0.1, 0.15) is 11.5 Å². The summed E-state index contributed by atoms with van der Waals surface area (Å²) in [6, 6.07) is 24.0. The molecule has 2 amide bonds. The van der Waals surface area contributed by atoms with Crippen LogP contribution in [0.5, 0.6) is 11.5 Å². The van der Waals surface area contributed by atoms with Crippen LogP contribution in [0.2, 0.25) is 5.02 Å². The van der Waals surface area contributed by atoms with E-state index in [1.807, 2.05) is 37.3 Å². The van der Waals surface area contributed by atoms with E-state index < -0.39 is 0 Å². The summed E-state index contributed by atoms with van der Waals surface area (Å²) in [5.41, 5.74) is 1.73. The lowest BCUT2D eigenvalue weighted by Gasteiger charge is -2.25. The Labute approximate surface area is 186 Å². The second-order valence-electron chi connectivity index (χ2n) is 7.60. The molecule has 1 aliphatic heterocycles. The average molecular weight is 435 g/mol. The van der Waals surface area contributed by atoms with Crippen LogP contribution in [-0.4, -0.2) is 23.3 Å². The Morgan fingerprint density at radius 3 is 2.26 bits per heavy atom. The molecule has 1 N–H and O–H groups in total. The normalized spacial score (nSPS) is 16.8. The van der Waals surface area contributed by atoms with Crippen molar-refractivity contribution < 1.29 is 14.3 Å². The fourth-order valence-corrected chi connectivity index (χ4v) is 3.81. The summed E-state index contributed by atoms with van der Waals surface area (Å²) in [6.07, 6.45) is 0.223. The van der Waals surface area contributed by atoms with Crippen molar-refractivity contribution in [2.45, 2.75) is 19.4 Å². The Hall–Kier alpha value is -3.31. The zero-order chi connectivity index (χ0) is 21.8. The van der Waals surface area contributed by atoms with E-state index in [4.69, 9.17) is 16.3 Å². The Morgan fingerprint density at radius 2 is 1.61 bits per heavy atom. The number of nitrogens with zero attached hydrogens (tertiary/aromatic N) is 1. The fraction of sp³-hybridized carbons (Fsp3) is 0.200. The van der Waals surface area contributed by atoms with Crippen LogP contribution in [0.1, 0.15) is 24.9 Å². The van der Waals surface area contributed by atoms with Gasteiger partial charge in [-0.3, -0.25) is 9.59 Å². The number of ether oxygens (including phenoxy) is 1. The van der Waals surface area contributed by atoms with Crippen molar-refractivity contribution in [1.29, 1.82) is 0 Å². The second kappa shape index (κ2) is 9.23. The van der Waals surface area contributed by atoms with Crippen molar-refractivity contribution >= 4 is 29.1 Å². The topological polar surface area (TPSA) is 58.6 Å². The molecule has 1 fully saturated rings. The van der Waals surface area contributed by atoms with E-state index in [2.05, 4.69) is 5.32 Å². The molecule has 3 aromatic carbocycles. The Kier molecular flexibility index (Phi) is 6.23. The summed E-state index contributed by atoms with van der Waals surface area (Å²) in [6.45, 7) is 2.41. The van der Waals surface area contributed by atoms with Gasteiger partial charge in [0, 0.05) is 23.7 Å². The van der Waals surface area contributed by atoms with Crippen LogP contribution in [0.25, 0.3) is 0 Å². The lowest BCUT2D eigenvalue weighted by atomic mass is 10.1. The highest BCUT2D eigenvalue weighted by molar-refractivity contribution is 6.30. The molecule has 0 bridgehead atoms. The van der Waals surface area contributed by atoms with Crippen molar-refractivity contribution in [3.8, 4) is 11.5 Å². The van der Waals surface area contributed by atoms with E-state index in [1.54, 1.807) is 53.4 Å². The average Bonchev–Trinajstić information content (AvgIpc) is 3.18. The van der Waals surface area contributed by atoms with Gasteiger partial charge in [-0.15, -0.1) is 0 Å². The molecule has 5 nitrogen and oxygen atoms in total. The molecule has 1 aliphatic rings. The molecule has 0 radical (unpaired) electrons. The largest absolute Gasteiger partial charge is 0.457 e. The Bertz CT molecular complexity index is 1050. The summed E-state index contributed by atoms with van der Waals surface area (Å²) in [5.74, 6) is 0.812. The maximum Gasteiger partial charge on any atom is 0.229 e. The maximum atomic E-state index is 12.7. The van der Waals surface area contributed by atoms with Gasteiger partial charge in [0.15, 0.2) is 0 Å². The smallest absolute Gasteiger partial charge is 0.229 e. The summed E-state index contributed by atoms with van der Waals surface area (Å²) in [5, 5.41) is 3.56. The molecule has 31 heavy (non-hydrogen) atoms. The molecule has 4 rings (SSSR count). The minimum absolute atomic E-state index is 0.00298. The molecule has 1 heterocycles. The molecular formula is C25H23ClN2O3. The maximum absolute atomic E-state index is 12.7. The molecule has 0 aromatic heterocycles. The van der Waals surface area contributed by atoms with Crippen molar-refractivity contribution in [2.24, 2.45) is 5.92 Å². The van der Waals surface area contributed by atoms with E-state index in [9.17, 15) is 9.59 Å². The number of rotatable bonds is 6. The second-order valence-corrected chi connectivity index (χ2v) is 8.04. The number of halogens is 1. The van der Waals surface area contributed by atoms with E-state index in [-0.39, 0.29) is 30.2 Å². The van der Waals surface area contributed by atoms with Gasteiger partial charge >= 0.3 is 0 Å². The van der Waals surface area contributed by atoms with E-state index in [1.165, 1.54) is 0 Å². The van der Waals surface area contributed by atoms with Crippen LogP contribution in [0.4, 0.5) is 5.69 Å². The highest BCUT2D eigenvalue weighted by atomic mass is 35.5. The number of likely N-dealkylation sites (tertiary alicyclic amines) is 1. The molecule has 158 valence electrons. The third-order valence-electron chi connectivity index (χ3n) is 5.45. The van der Waals surface area contributed by atoms with Gasteiger partial charge in [-0.25, -0.2) is 0 Å². The van der Waals surface area contributed by atoms with Crippen molar-refractivity contribution in [3.63, 3.8) is 0 Å². The van der Waals surface area contributed by atoms with Gasteiger partial charge in [-0.05, 0) is 61.0 Å². The van der Waals surface area contributed by atoms with E-state index in [0.29, 0.717) is 28.8 Å². The summed E-state index contributed by atoms with van der Waals surface area (Å²) in [4.78, 5) is 27.0. The highest BCUT2D eigenvalue weighted by Crippen LogP contribution is 2.29. The molecule has 0 aliphatic carbocycles. The molecular weight excluding hydrogens is 412 g/mol. The fourth-order valence-electron chi connectivity index (χ4n) is 3.68. The molecule has 0 saturated carbocycles. The van der Waals surface area contributed by atoms with Gasteiger partial charge in [0.25, 0.3) is 0 Å². The molecule has 0 spiro atoms. The van der Waals surface area contributed by atoms with Crippen LogP contribution < -0.4 is 10.1 Å². The Morgan fingerprint density at radius 1 is 1.00 bits per heavy atom. The summed E-state index contributed by atoms with van der Waals surface area (Å²) < 4.78 is 5.77. The molecule has 2 atom stereocenters. The monoisotopic (exact) mass is 434 g/mol. The number of carbonyl (C=O) groups is 2. The first kappa shape index (κ1) is 20.9. The molecule has 6 heteroatoms. The first-order chi connectivity index (χ1) is 15.0. The van der Waals surface area contributed by atoms with Crippen molar-refractivity contribution in [3.05, 3.63) is 89.4 Å². The van der Waals surface area contributed by atoms with Crippen LogP contribution in [-0.2, 0) is 9.59 Å². The minimum atomic E-state index is -0.372. The molecule has 3 aromatic rings. The Balaban J connectivity index is 1.35. The predicted molar refractivity (Wildman–Crippen MR) is 121 cm³/mol. The van der Waals surface area contributed by atoms with Gasteiger partial charge in [0.05, 0.1) is 12.0 Å². The summed E-state index contributed by atoms with van der Waals surface area (Å²) >= 11 is 5.88. The molecule has 1 saturated heterocycles. The lowest BCUT2D eigenvalue weighted by molar-refractivity contribution is -0.129. The third kappa shape index (κ3) is 5.06.